The van der Waals surface area contributed by atoms with E-state index in [1.54, 1.807) is 71.9 Å². The maximum Gasteiger partial charge on any atom is 0.328 e. The number of aliphatic carboxylic acids is 1. The summed E-state index contributed by atoms with van der Waals surface area (Å²) in [5.41, 5.74) is 6.78. The Bertz CT molecular complexity index is 2040. The SMILES string of the molecule is CC[C@H](C)[C@H](NC(=O)[C@@H]1CCCN1C(=O)[C@H](CC(C)C)NC(=O)[C@H](CO)NC(=O)[C@H](CC(C)C)NC(=O)[C@H](CS)NC(=O)[C@H](CS)NC(=O)[C@H](CO)NC(=O)[C@@H](N)Cc1ccccc1)C(=O)N[C@@H](CO)C(=O)O. The molecular weight excluding hydrogens is 993 g/mol. The Hall–Kier alpha value is -5.54. The zero-order valence-electron chi connectivity index (χ0n) is 42.2. The van der Waals surface area contributed by atoms with Crippen molar-refractivity contribution >= 4 is 84.4 Å². The van der Waals surface area contributed by atoms with Crippen LogP contribution < -0.4 is 48.3 Å². The van der Waals surface area contributed by atoms with Crippen LogP contribution in [0, 0.1) is 17.8 Å². The first-order valence-corrected chi connectivity index (χ1v) is 25.5. The lowest BCUT2D eigenvalue weighted by Crippen LogP contribution is -2.61. The van der Waals surface area contributed by atoms with Gasteiger partial charge in [-0.15, -0.1) is 0 Å². The third-order valence-corrected chi connectivity index (χ3v) is 12.7. The van der Waals surface area contributed by atoms with Crippen molar-refractivity contribution in [1.82, 2.24) is 47.4 Å². The van der Waals surface area contributed by atoms with E-state index in [1.165, 1.54) is 4.90 Å². The molecule has 1 fully saturated rings. The van der Waals surface area contributed by atoms with Crippen molar-refractivity contribution in [2.75, 3.05) is 37.9 Å². The van der Waals surface area contributed by atoms with Crippen molar-refractivity contribution < 1.29 is 68.4 Å². The number of carboxylic acids is 1. The number of aliphatic hydroxyl groups excluding tert-OH is 3. The topological polar surface area (TPSA) is 377 Å². The van der Waals surface area contributed by atoms with Gasteiger partial charge in [-0.25, -0.2) is 4.79 Å². The summed E-state index contributed by atoms with van der Waals surface area (Å²) in [6.07, 6.45) is 1.21. The van der Waals surface area contributed by atoms with Gasteiger partial charge in [-0.05, 0) is 55.4 Å². The Morgan fingerprint density at radius 3 is 1.49 bits per heavy atom. The van der Waals surface area contributed by atoms with Gasteiger partial charge < -0.3 is 73.6 Å². The number of aliphatic hydroxyl groups is 3. The lowest BCUT2D eigenvalue weighted by Gasteiger charge is -2.32. The van der Waals surface area contributed by atoms with Gasteiger partial charge in [0, 0.05) is 18.1 Å². The van der Waals surface area contributed by atoms with Crippen LogP contribution in [0.25, 0.3) is 0 Å². The Balaban J connectivity index is 2.18. The molecule has 0 spiro atoms. The summed E-state index contributed by atoms with van der Waals surface area (Å²) in [5, 5.41) is 58.6. The lowest BCUT2D eigenvalue weighted by molar-refractivity contribution is -0.145. The van der Waals surface area contributed by atoms with E-state index in [1.807, 2.05) is 0 Å². The number of nitrogens with one attached hydrogen (secondary N) is 8. The minimum Gasteiger partial charge on any atom is -0.480 e. The molecule has 1 aliphatic rings. The van der Waals surface area contributed by atoms with Crippen molar-refractivity contribution in [3.05, 3.63) is 35.9 Å². The summed E-state index contributed by atoms with van der Waals surface area (Å²) < 4.78 is 0. The van der Waals surface area contributed by atoms with Crippen molar-refractivity contribution in [3.8, 4) is 0 Å². The predicted octanol–water partition coefficient (Wildman–Crippen LogP) is -3.51. The smallest absolute Gasteiger partial charge is 0.328 e. The van der Waals surface area contributed by atoms with Crippen LogP contribution in [-0.2, 0) is 54.4 Å². The average molecular weight is 1070 g/mol. The highest BCUT2D eigenvalue weighted by atomic mass is 32.1. The zero-order chi connectivity index (χ0) is 55.1. The van der Waals surface area contributed by atoms with Gasteiger partial charge >= 0.3 is 5.97 Å². The van der Waals surface area contributed by atoms with Gasteiger partial charge in [0.1, 0.15) is 54.4 Å². The van der Waals surface area contributed by atoms with Crippen LogP contribution in [0.5, 0.6) is 0 Å². The van der Waals surface area contributed by atoms with Gasteiger partial charge in [0.05, 0.1) is 25.9 Å². The number of thiol groups is 2. The van der Waals surface area contributed by atoms with Crippen LogP contribution in [0.15, 0.2) is 30.3 Å². The monoisotopic (exact) mass is 1070 g/mol. The van der Waals surface area contributed by atoms with Gasteiger partial charge in [0.15, 0.2) is 0 Å². The standard InChI is InChI=1S/C47H76N10O14S2/c1-7-26(6)37(45(68)53-33(21-60)47(70)71)56-44(67)36-14-11-15-57(36)46(69)30(17-25(4)5)50-40(63)32(20-59)52-39(62)29(16-24(2)3)49-42(65)34(22-72)55-43(66)35(23-73)54-41(64)31(19-58)51-38(61)28(48)18-27-12-9-8-10-13-27/h8-10,12-13,24-26,28-37,58-60,72-73H,7,11,14-23,48H2,1-6H3,(H,49,65)(H,50,63)(H,51,61)(H,52,62)(H,53,68)(H,54,64)(H,55,66)(H,56,67)(H,70,71)/t26-,28-,29-,30-,31-,32-,33-,34-,35-,36-,37-/m0/s1. The van der Waals surface area contributed by atoms with Crippen LogP contribution in [-0.4, -0.2) is 183 Å². The van der Waals surface area contributed by atoms with Crippen molar-refractivity contribution in [1.29, 1.82) is 0 Å². The first-order valence-electron chi connectivity index (χ1n) is 24.3. The largest absolute Gasteiger partial charge is 0.480 e. The van der Waals surface area contributed by atoms with Gasteiger partial charge in [-0.1, -0.05) is 78.3 Å². The van der Waals surface area contributed by atoms with E-state index in [0.717, 1.165) is 5.56 Å². The lowest BCUT2D eigenvalue weighted by atomic mass is 9.97. The number of amides is 9. The normalized spacial score (nSPS) is 17.5. The van der Waals surface area contributed by atoms with Crippen LogP contribution >= 0.6 is 25.3 Å². The number of hydrogen-bond donors (Lipinski definition) is 15. The number of likely N-dealkylation sites (tertiary alicyclic amines) is 1. The van der Waals surface area contributed by atoms with E-state index in [-0.39, 0.29) is 55.6 Å². The van der Waals surface area contributed by atoms with Crippen molar-refractivity contribution in [2.24, 2.45) is 23.5 Å². The maximum absolute atomic E-state index is 14.2. The predicted molar refractivity (Wildman–Crippen MR) is 273 cm³/mol. The van der Waals surface area contributed by atoms with Crippen molar-refractivity contribution in [2.45, 2.75) is 140 Å². The molecule has 410 valence electrons. The molecule has 0 saturated carbocycles. The van der Waals surface area contributed by atoms with E-state index >= 15 is 0 Å². The minimum atomic E-state index is -1.64. The van der Waals surface area contributed by atoms with Crippen molar-refractivity contribution in [3.63, 3.8) is 0 Å². The Morgan fingerprint density at radius 2 is 1.03 bits per heavy atom. The molecule has 1 aliphatic heterocycles. The fraction of sp³-hybridized carbons (Fsp3) is 0.660. The highest BCUT2D eigenvalue weighted by molar-refractivity contribution is 7.80. The molecule has 73 heavy (non-hydrogen) atoms. The number of nitrogens with two attached hydrogens (primary N) is 1. The molecule has 0 aliphatic carbocycles. The van der Waals surface area contributed by atoms with E-state index in [4.69, 9.17) is 5.73 Å². The Kier molecular flexibility index (Phi) is 27.8. The van der Waals surface area contributed by atoms with E-state index < -0.39 is 145 Å². The fourth-order valence-electron chi connectivity index (χ4n) is 7.67. The van der Waals surface area contributed by atoms with Crippen LogP contribution in [0.3, 0.4) is 0 Å². The van der Waals surface area contributed by atoms with E-state index in [2.05, 4.69) is 67.8 Å². The molecule has 24 nitrogen and oxygen atoms in total. The van der Waals surface area contributed by atoms with Crippen LogP contribution in [0.4, 0.5) is 0 Å². The molecule has 9 amide bonds. The molecule has 0 unspecified atom stereocenters. The summed E-state index contributed by atoms with van der Waals surface area (Å²) >= 11 is 8.35. The molecule has 1 heterocycles. The first kappa shape index (κ1) is 63.6. The second kappa shape index (κ2) is 31.9. The van der Waals surface area contributed by atoms with Crippen LogP contribution in [0.2, 0.25) is 0 Å². The third-order valence-electron chi connectivity index (χ3n) is 12.0. The highest BCUT2D eigenvalue weighted by Gasteiger charge is 2.41. The zero-order valence-corrected chi connectivity index (χ0v) is 44.0. The second-order valence-corrected chi connectivity index (χ2v) is 19.5. The second-order valence-electron chi connectivity index (χ2n) is 18.8. The number of carbonyl (C=O) groups excluding carboxylic acids is 9. The van der Waals surface area contributed by atoms with E-state index in [0.29, 0.717) is 12.8 Å². The molecule has 0 radical (unpaired) electrons. The summed E-state index contributed by atoms with van der Waals surface area (Å²) in [7, 11) is 0. The molecular formula is C47H76N10O14S2. The number of rotatable bonds is 31. The first-order chi connectivity index (χ1) is 34.5. The number of carboxylic acid groups (broad SMARTS) is 1. The number of carbonyl (C=O) groups is 10. The summed E-state index contributed by atoms with van der Waals surface area (Å²) in [6, 6.07) is -4.64. The molecule has 1 aromatic rings. The number of nitrogens with zero attached hydrogens (tertiary/aromatic N) is 1. The fourth-order valence-corrected chi connectivity index (χ4v) is 8.19. The van der Waals surface area contributed by atoms with Gasteiger partial charge in [-0.3, -0.25) is 43.2 Å². The molecule has 0 bridgehead atoms. The molecule has 2 rings (SSSR count). The van der Waals surface area contributed by atoms with Crippen LogP contribution in [0.1, 0.15) is 79.2 Å². The third kappa shape index (κ3) is 20.4. The van der Waals surface area contributed by atoms with Gasteiger partial charge in [0.2, 0.25) is 53.2 Å². The molecule has 1 aromatic carbocycles. The summed E-state index contributed by atoms with van der Waals surface area (Å²) in [5.74, 6) is -10.5. The Morgan fingerprint density at radius 1 is 0.603 bits per heavy atom. The molecule has 1 saturated heterocycles. The van der Waals surface area contributed by atoms with Gasteiger partial charge in [-0.2, -0.15) is 25.3 Å². The summed E-state index contributed by atoms with van der Waals surface area (Å²) in [6.45, 7) is 7.92. The average Bonchev–Trinajstić information content (AvgIpc) is 3.85. The highest BCUT2D eigenvalue weighted by Crippen LogP contribution is 2.22. The quantitative estimate of drug-likeness (QED) is 0.0321. The van der Waals surface area contributed by atoms with Gasteiger partial charge in [0.25, 0.3) is 0 Å². The summed E-state index contributed by atoms with van der Waals surface area (Å²) in [4.78, 5) is 134. The number of hydrogen-bond acceptors (Lipinski definition) is 16. The molecule has 0 aromatic heterocycles. The molecule has 26 heteroatoms. The molecule has 11 atom stereocenters. The maximum atomic E-state index is 14.2. The Labute approximate surface area is 436 Å². The molecule has 14 N–H and O–H groups in total. The van der Waals surface area contributed by atoms with E-state index in [9.17, 15) is 68.4 Å². The number of benzene rings is 1. The minimum absolute atomic E-state index is 0.0111.